The van der Waals surface area contributed by atoms with E-state index in [-0.39, 0.29) is 17.3 Å². The Balaban J connectivity index is 1.42. The lowest BCUT2D eigenvalue weighted by Gasteiger charge is -2.29. The number of aromatic nitrogens is 4. The van der Waals surface area contributed by atoms with Crippen molar-refractivity contribution in [1.82, 2.24) is 20.2 Å². The molecule has 3 aromatic heterocycles. The van der Waals surface area contributed by atoms with Gasteiger partial charge in [0.2, 0.25) is 0 Å². The third-order valence-electron chi connectivity index (χ3n) is 6.58. The number of aromatic amines is 1. The number of fused-ring (bicyclic) bond motifs is 2. The van der Waals surface area contributed by atoms with Gasteiger partial charge in [0.1, 0.15) is 16.8 Å². The van der Waals surface area contributed by atoms with Crippen LogP contribution in [-0.4, -0.2) is 46.5 Å². The summed E-state index contributed by atoms with van der Waals surface area (Å²) in [6.07, 6.45) is 1.48. The molecule has 0 radical (unpaired) electrons. The number of halogens is 1. The largest absolute Gasteiger partial charge is 0.378 e. The Kier molecular flexibility index (Phi) is 5.50. The number of morpholine rings is 1. The van der Waals surface area contributed by atoms with Crippen LogP contribution < -0.4 is 10.5 Å². The first kappa shape index (κ1) is 21.8. The van der Waals surface area contributed by atoms with Crippen LogP contribution in [0, 0.1) is 5.82 Å². The summed E-state index contributed by atoms with van der Waals surface area (Å²) in [5.74, 6) is -0.516. The minimum absolute atomic E-state index is 0.163. The smallest absolute Gasteiger partial charge is 0.282 e. The number of hydrogen-bond acceptors (Lipinski definition) is 7. The molecule has 0 bridgehead atoms. The molecule has 2 aromatic carbocycles. The number of anilines is 1. The first-order valence-corrected chi connectivity index (χ1v) is 12.3. The molecule has 1 unspecified atom stereocenters. The van der Waals surface area contributed by atoms with Crippen molar-refractivity contribution in [3.63, 3.8) is 0 Å². The summed E-state index contributed by atoms with van der Waals surface area (Å²) in [6, 6.07) is 13.0. The molecular weight excluding hydrogens is 465 g/mol. The van der Waals surface area contributed by atoms with E-state index in [2.05, 4.69) is 25.1 Å². The van der Waals surface area contributed by atoms with E-state index < -0.39 is 0 Å². The van der Waals surface area contributed by atoms with Gasteiger partial charge in [-0.3, -0.25) is 4.79 Å². The third kappa shape index (κ3) is 3.86. The second-order valence-electron chi connectivity index (χ2n) is 8.59. The van der Waals surface area contributed by atoms with Gasteiger partial charge in [-0.05, 0) is 47.3 Å². The molecule has 1 aliphatic heterocycles. The Morgan fingerprint density at radius 2 is 1.94 bits per heavy atom. The van der Waals surface area contributed by atoms with Crippen LogP contribution in [0.5, 0.6) is 0 Å². The van der Waals surface area contributed by atoms with Crippen LogP contribution in [0.4, 0.5) is 10.1 Å². The molecule has 1 N–H and O–H groups in total. The van der Waals surface area contributed by atoms with Crippen molar-refractivity contribution in [2.24, 2.45) is 0 Å². The minimum atomic E-state index is -0.353. The highest BCUT2D eigenvalue weighted by Crippen LogP contribution is 2.35. The third-order valence-corrected chi connectivity index (χ3v) is 7.49. The molecule has 1 fully saturated rings. The Bertz CT molecular complexity index is 1610. The van der Waals surface area contributed by atoms with Crippen molar-refractivity contribution in [2.75, 3.05) is 31.2 Å². The zero-order chi connectivity index (χ0) is 23.9. The molecule has 0 spiro atoms. The van der Waals surface area contributed by atoms with E-state index >= 15 is 4.39 Å². The van der Waals surface area contributed by atoms with Crippen molar-refractivity contribution < 1.29 is 9.13 Å². The average molecular weight is 488 g/mol. The maximum Gasteiger partial charge on any atom is 0.282 e. The number of H-pyrrole nitrogens is 1. The van der Waals surface area contributed by atoms with Gasteiger partial charge < -0.3 is 9.64 Å². The first-order valence-electron chi connectivity index (χ1n) is 11.4. The summed E-state index contributed by atoms with van der Waals surface area (Å²) >= 11 is 1.38. The molecule has 0 amide bonds. The van der Waals surface area contributed by atoms with Crippen molar-refractivity contribution in [3.8, 4) is 11.3 Å². The van der Waals surface area contributed by atoms with Crippen LogP contribution in [0.1, 0.15) is 24.1 Å². The van der Waals surface area contributed by atoms with E-state index in [1.165, 1.54) is 23.7 Å². The van der Waals surface area contributed by atoms with Gasteiger partial charge in [0, 0.05) is 41.0 Å². The number of thiophene rings is 1. The fraction of sp³-hybridized carbons (Fsp3) is 0.231. The van der Waals surface area contributed by atoms with Crippen LogP contribution in [0.15, 0.2) is 59.0 Å². The Morgan fingerprint density at radius 3 is 2.80 bits per heavy atom. The van der Waals surface area contributed by atoms with Gasteiger partial charge in [-0.2, -0.15) is 5.10 Å². The highest BCUT2D eigenvalue weighted by Gasteiger charge is 2.20. The van der Waals surface area contributed by atoms with Gasteiger partial charge in [0.25, 0.3) is 5.56 Å². The highest BCUT2D eigenvalue weighted by atomic mass is 32.1. The standard InChI is InChI=1S/C26H22FN5O2S/c1-15(23-19-6-11-35-25(19)26(33)31-30-23)16-2-5-21(27)20(12-16)24-18-4-3-17(13-22(18)28-14-29-24)32-7-9-34-10-8-32/h2-6,11-15H,7-10H2,1H3,(H,31,33). The fourth-order valence-electron chi connectivity index (χ4n) is 4.67. The number of ether oxygens (including phenoxy) is 1. The molecule has 9 heteroatoms. The molecule has 4 heterocycles. The molecule has 1 saturated heterocycles. The molecule has 0 aliphatic carbocycles. The second-order valence-corrected chi connectivity index (χ2v) is 9.50. The van der Waals surface area contributed by atoms with Crippen LogP contribution >= 0.6 is 11.3 Å². The predicted molar refractivity (Wildman–Crippen MR) is 136 cm³/mol. The molecule has 5 aromatic rings. The number of nitrogens with one attached hydrogen (secondary N) is 1. The maximum atomic E-state index is 15.1. The van der Waals surface area contributed by atoms with Crippen LogP contribution in [0.25, 0.3) is 32.2 Å². The average Bonchev–Trinajstić information content (AvgIpc) is 3.40. The molecule has 35 heavy (non-hydrogen) atoms. The number of nitrogens with zero attached hydrogens (tertiary/aromatic N) is 4. The fourth-order valence-corrected chi connectivity index (χ4v) is 5.46. The van der Waals surface area contributed by atoms with Crippen LogP contribution in [0.3, 0.4) is 0 Å². The van der Waals surface area contributed by atoms with Gasteiger partial charge in [-0.15, -0.1) is 11.3 Å². The summed E-state index contributed by atoms with van der Waals surface area (Å²) in [5.41, 5.74) is 4.22. The van der Waals surface area contributed by atoms with Gasteiger partial charge in [0.05, 0.1) is 30.1 Å². The molecular formula is C26H22FN5O2S. The predicted octanol–water partition coefficient (Wildman–Crippen LogP) is 4.72. The summed E-state index contributed by atoms with van der Waals surface area (Å²) in [6.45, 7) is 5.06. The van der Waals surface area contributed by atoms with Crippen LogP contribution in [-0.2, 0) is 4.74 Å². The van der Waals surface area contributed by atoms with Crippen molar-refractivity contribution in [3.05, 3.63) is 81.6 Å². The molecule has 1 atom stereocenters. The van der Waals surface area contributed by atoms with Crippen molar-refractivity contribution in [2.45, 2.75) is 12.8 Å². The first-order chi connectivity index (χ1) is 17.1. The maximum absolute atomic E-state index is 15.1. The summed E-state index contributed by atoms with van der Waals surface area (Å²) in [4.78, 5) is 23.3. The van der Waals surface area contributed by atoms with Gasteiger partial charge >= 0.3 is 0 Å². The Labute approximate surface area is 204 Å². The molecule has 1 aliphatic rings. The molecule has 176 valence electrons. The number of rotatable bonds is 4. The van der Waals surface area contributed by atoms with E-state index in [1.54, 1.807) is 6.07 Å². The lowest BCUT2D eigenvalue weighted by atomic mass is 9.93. The lowest BCUT2D eigenvalue weighted by Crippen LogP contribution is -2.36. The highest BCUT2D eigenvalue weighted by molar-refractivity contribution is 7.17. The topological polar surface area (TPSA) is 84.0 Å². The molecule has 6 rings (SSSR count). The van der Waals surface area contributed by atoms with E-state index in [4.69, 9.17) is 4.74 Å². The van der Waals surface area contributed by atoms with Gasteiger partial charge in [0.15, 0.2) is 0 Å². The lowest BCUT2D eigenvalue weighted by molar-refractivity contribution is 0.122. The zero-order valence-electron chi connectivity index (χ0n) is 19.0. The zero-order valence-corrected chi connectivity index (χ0v) is 19.8. The molecule has 0 saturated carbocycles. The second kappa shape index (κ2) is 8.83. The van der Waals surface area contributed by atoms with E-state index in [9.17, 15) is 4.79 Å². The number of hydrogen-bond donors (Lipinski definition) is 1. The van der Waals surface area contributed by atoms with Gasteiger partial charge in [-0.25, -0.2) is 19.5 Å². The van der Waals surface area contributed by atoms with Crippen molar-refractivity contribution in [1.29, 1.82) is 0 Å². The SMILES string of the molecule is CC(c1ccc(F)c(-c2ncnc3cc(N4CCOCC4)ccc23)c1)c1n[nH]c(=O)c2sccc12. The van der Waals surface area contributed by atoms with Crippen molar-refractivity contribution >= 4 is 38.0 Å². The molecule has 7 nitrogen and oxygen atoms in total. The van der Waals surface area contributed by atoms with E-state index in [0.29, 0.717) is 29.2 Å². The monoisotopic (exact) mass is 487 g/mol. The van der Waals surface area contributed by atoms with Crippen LogP contribution in [0.2, 0.25) is 0 Å². The summed E-state index contributed by atoms with van der Waals surface area (Å²) in [7, 11) is 0. The Morgan fingerprint density at radius 1 is 1.09 bits per heavy atom. The normalized spacial score (nSPS) is 15.1. The van der Waals surface area contributed by atoms with E-state index in [1.807, 2.05) is 42.6 Å². The number of benzene rings is 2. The Hall–Kier alpha value is -3.69. The van der Waals surface area contributed by atoms with Gasteiger partial charge in [-0.1, -0.05) is 13.0 Å². The quantitative estimate of drug-likeness (QED) is 0.395. The van der Waals surface area contributed by atoms with E-state index in [0.717, 1.165) is 46.3 Å². The summed E-state index contributed by atoms with van der Waals surface area (Å²) in [5, 5.41) is 10.4. The summed E-state index contributed by atoms with van der Waals surface area (Å²) < 4.78 is 21.2. The minimum Gasteiger partial charge on any atom is -0.378 e.